The number of amides is 1. The first-order valence-corrected chi connectivity index (χ1v) is 10.5. The molecule has 1 amide bonds. The SMILES string of the molecule is COc1cc2c(cc1/C=C/C(=O)Nc1ccnn1Cc1ccc(Cl)cc1Cl)OC(C)C2. The predicted molar refractivity (Wildman–Crippen MR) is 122 cm³/mol. The molecule has 3 aromatic rings. The molecule has 4 rings (SSSR count). The predicted octanol–water partition coefficient (Wildman–Crippen LogP) is 5.22. The molecule has 0 fully saturated rings. The number of benzene rings is 2. The van der Waals surface area contributed by atoms with E-state index in [-0.39, 0.29) is 12.0 Å². The molecule has 1 unspecified atom stereocenters. The van der Waals surface area contributed by atoms with E-state index < -0.39 is 0 Å². The molecule has 0 saturated heterocycles. The van der Waals surface area contributed by atoms with Crippen LogP contribution in [0.15, 0.2) is 48.7 Å². The van der Waals surface area contributed by atoms with Crippen LogP contribution >= 0.6 is 23.2 Å². The number of anilines is 1. The maximum absolute atomic E-state index is 12.5. The molecule has 1 N–H and O–H groups in total. The number of hydrogen-bond donors (Lipinski definition) is 1. The lowest BCUT2D eigenvalue weighted by molar-refractivity contribution is -0.111. The Labute approximate surface area is 190 Å². The Morgan fingerprint density at radius 3 is 2.94 bits per heavy atom. The molecule has 1 atom stereocenters. The standard InChI is InChI=1S/C23H21Cl2N3O3/c1-14-9-17-11-20(30-2)15(10-21(17)31-14)4-6-23(29)27-22-7-8-26-28(22)13-16-3-5-18(24)12-19(16)25/h3-8,10-12,14H,9,13H2,1-2H3,(H,27,29)/b6-4+. The van der Waals surface area contributed by atoms with Gasteiger partial charge in [-0.1, -0.05) is 29.3 Å². The zero-order valence-electron chi connectivity index (χ0n) is 17.1. The van der Waals surface area contributed by atoms with Crippen molar-refractivity contribution in [2.75, 3.05) is 12.4 Å². The van der Waals surface area contributed by atoms with Gasteiger partial charge >= 0.3 is 0 Å². The third-order valence-electron chi connectivity index (χ3n) is 4.97. The van der Waals surface area contributed by atoms with Gasteiger partial charge in [0.2, 0.25) is 5.91 Å². The van der Waals surface area contributed by atoms with Crippen molar-refractivity contribution in [3.63, 3.8) is 0 Å². The number of aromatic nitrogens is 2. The van der Waals surface area contributed by atoms with E-state index in [9.17, 15) is 4.79 Å². The third kappa shape index (κ3) is 4.86. The van der Waals surface area contributed by atoms with Gasteiger partial charge in [0.15, 0.2) is 0 Å². The van der Waals surface area contributed by atoms with Gasteiger partial charge in [0, 0.05) is 39.7 Å². The second-order valence-corrected chi connectivity index (χ2v) is 8.11. The molecule has 0 bridgehead atoms. The zero-order valence-corrected chi connectivity index (χ0v) is 18.6. The Bertz CT molecular complexity index is 1160. The highest BCUT2D eigenvalue weighted by molar-refractivity contribution is 6.35. The number of nitrogens with zero attached hydrogens (tertiary/aromatic N) is 2. The first kappa shape index (κ1) is 21.3. The molecular weight excluding hydrogens is 437 g/mol. The van der Waals surface area contributed by atoms with Gasteiger partial charge in [0.25, 0.3) is 0 Å². The topological polar surface area (TPSA) is 65.4 Å². The summed E-state index contributed by atoms with van der Waals surface area (Å²) in [5, 5.41) is 8.22. The van der Waals surface area contributed by atoms with Crippen molar-refractivity contribution in [2.24, 2.45) is 0 Å². The van der Waals surface area contributed by atoms with Gasteiger partial charge in [-0.25, -0.2) is 4.68 Å². The second kappa shape index (κ2) is 9.04. The van der Waals surface area contributed by atoms with Crippen molar-refractivity contribution in [3.8, 4) is 11.5 Å². The van der Waals surface area contributed by atoms with Crippen molar-refractivity contribution in [2.45, 2.75) is 26.0 Å². The van der Waals surface area contributed by atoms with E-state index in [1.54, 1.807) is 42.3 Å². The van der Waals surface area contributed by atoms with E-state index in [2.05, 4.69) is 10.4 Å². The molecule has 0 aliphatic carbocycles. The van der Waals surface area contributed by atoms with Crippen molar-refractivity contribution in [1.29, 1.82) is 0 Å². The highest BCUT2D eigenvalue weighted by Gasteiger charge is 2.21. The summed E-state index contributed by atoms with van der Waals surface area (Å²) in [7, 11) is 1.61. The molecule has 6 nitrogen and oxygen atoms in total. The van der Waals surface area contributed by atoms with Gasteiger partial charge in [-0.2, -0.15) is 5.10 Å². The van der Waals surface area contributed by atoms with Crippen molar-refractivity contribution < 1.29 is 14.3 Å². The van der Waals surface area contributed by atoms with Gasteiger partial charge in [0.05, 0.1) is 19.9 Å². The maximum Gasteiger partial charge on any atom is 0.249 e. The highest BCUT2D eigenvalue weighted by atomic mass is 35.5. The first-order chi connectivity index (χ1) is 14.9. The summed E-state index contributed by atoms with van der Waals surface area (Å²) in [4.78, 5) is 12.5. The lowest BCUT2D eigenvalue weighted by Crippen LogP contribution is -2.14. The van der Waals surface area contributed by atoms with Crippen molar-refractivity contribution in [1.82, 2.24) is 9.78 Å². The summed E-state index contributed by atoms with van der Waals surface area (Å²) in [6, 6.07) is 10.9. The maximum atomic E-state index is 12.5. The summed E-state index contributed by atoms with van der Waals surface area (Å²) < 4.78 is 12.9. The molecule has 1 aromatic heterocycles. The van der Waals surface area contributed by atoms with Crippen LogP contribution in [0.4, 0.5) is 5.82 Å². The number of rotatable bonds is 6. The van der Waals surface area contributed by atoms with Crippen LogP contribution in [-0.4, -0.2) is 28.9 Å². The monoisotopic (exact) mass is 457 g/mol. The number of fused-ring (bicyclic) bond motifs is 1. The molecule has 1 aliphatic rings. The average molecular weight is 458 g/mol. The van der Waals surface area contributed by atoms with Crippen LogP contribution in [0, 0.1) is 0 Å². The van der Waals surface area contributed by atoms with Crippen LogP contribution in [0.1, 0.15) is 23.6 Å². The summed E-state index contributed by atoms with van der Waals surface area (Å²) in [6.07, 6.45) is 5.76. The highest BCUT2D eigenvalue weighted by Crippen LogP contribution is 2.35. The molecule has 0 spiro atoms. The van der Waals surface area contributed by atoms with Gasteiger partial charge in [-0.05, 0) is 42.8 Å². The van der Waals surface area contributed by atoms with Gasteiger partial charge in [-0.3, -0.25) is 4.79 Å². The molecule has 160 valence electrons. The average Bonchev–Trinajstić information content (AvgIpc) is 3.32. The number of halogens is 2. The lowest BCUT2D eigenvalue weighted by Gasteiger charge is -2.10. The Hall–Kier alpha value is -2.96. The minimum absolute atomic E-state index is 0.136. The van der Waals surface area contributed by atoms with E-state index in [0.29, 0.717) is 28.2 Å². The third-order valence-corrected chi connectivity index (χ3v) is 5.55. The molecule has 8 heteroatoms. The molecule has 2 aromatic carbocycles. The van der Waals surface area contributed by atoms with Crippen LogP contribution in [-0.2, 0) is 17.8 Å². The largest absolute Gasteiger partial charge is 0.496 e. The van der Waals surface area contributed by atoms with Crippen molar-refractivity contribution in [3.05, 3.63) is 75.4 Å². The van der Waals surface area contributed by atoms with E-state index in [0.717, 1.165) is 28.9 Å². The summed E-state index contributed by atoms with van der Waals surface area (Å²) in [5.74, 6) is 1.79. The van der Waals surface area contributed by atoms with Crippen LogP contribution in [0.5, 0.6) is 11.5 Å². The van der Waals surface area contributed by atoms with Gasteiger partial charge in [-0.15, -0.1) is 0 Å². The Morgan fingerprint density at radius 1 is 1.32 bits per heavy atom. The van der Waals surface area contributed by atoms with Gasteiger partial charge < -0.3 is 14.8 Å². The molecule has 0 saturated carbocycles. The summed E-state index contributed by atoms with van der Waals surface area (Å²) in [6.45, 7) is 2.42. The van der Waals surface area contributed by atoms with Gasteiger partial charge in [0.1, 0.15) is 23.4 Å². The molecule has 0 radical (unpaired) electrons. The first-order valence-electron chi connectivity index (χ1n) is 9.75. The quantitative estimate of drug-likeness (QED) is 0.515. The molecular formula is C23H21Cl2N3O3. The van der Waals surface area contributed by atoms with Crippen LogP contribution in [0.25, 0.3) is 6.08 Å². The molecule has 31 heavy (non-hydrogen) atoms. The minimum Gasteiger partial charge on any atom is -0.496 e. The van der Waals surface area contributed by atoms with E-state index in [4.69, 9.17) is 32.7 Å². The van der Waals surface area contributed by atoms with Crippen LogP contribution in [0.3, 0.4) is 0 Å². The fourth-order valence-electron chi connectivity index (χ4n) is 3.47. The molecule has 2 heterocycles. The Kier molecular flexibility index (Phi) is 6.20. The molecule has 1 aliphatic heterocycles. The number of ether oxygens (including phenoxy) is 2. The van der Waals surface area contributed by atoms with Crippen LogP contribution in [0.2, 0.25) is 10.0 Å². The zero-order chi connectivity index (χ0) is 22.0. The Balaban J connectivity index is 1.47. The van der Waals surface area contributed by atoms with E-state index in [1.807, 2.05) is 25.1 Å². The number of carbonyl (C=O) groups is 1. The fraction of sp³-hybridized carbons (Fsp3) is 0.217. The van der Waals surface area contributed by atoms with Crippen LogP contribution < -0.4 is 14.8 Å². The number of hydrogen-bond acceptors (Lipinski definition) is 4. The van der Waals surface area contributed by atoms with Crippen molar-refractivity contribution >= 4 is 41.0 Å². The van der Waals surface area contributed by atoms with E-state index in [1.165, 1.54) is 6.08 Å². The van der Waals surface area contributed by atoms with E-state index >= 15 is 0 Å². The number of carbonyl (C=O) groups excluding carboxylic acids is 1. The number of methoxy groups -OCH3 is 1. The fourth-order valence-corrected chi connectivity index (χ4v) is 3.94. The second-order valence-electron chi connectivity index (χ2n) is 7.27. The lowest BCUT2D eigenvalue weighted by atomic mass is 10.1. The minimum atomic E-state index is -0.291. The summed E-state index contributed by atoms with van der Waals surface area (Å²) >= 11 is 12.2. The Morgan fingerprint density at radius 2 is 2.16 bits per heavy atom. The smallest absolute Gasteiger partial charge is 0.249 e. The normalized spacial score (nSPS) is 15.0. The number of nitrogens with one attached hydrogen (secondary N) is 1. The summed E-state index contributed by atoms with van der Waals surface area (Å²) in [5.41, 5.74) is 2.72.